The van der Waals surface area contributed by atoms with Gasteiger partial charge in [-0.15, -0.1) is 0 Å². The molecule has 31 heavy (non-hydrogen) atoms. The minimum Gasteiger partial charge on any atom is -0.492 e. The molecule has 0 bridgehead atoms. The number of hydrogen-bond acceptors (Lipinski definition) is 2. The molecule has 0 N–H and O–H groups in total. The van der Waals surface area contributed by atoms with E-state index in [9.17, 15) is 0 Å². The van der Waals surface area contributed by atoms with Crippen LogP contribution < -0.4 is 10.6 Å². The zero-order valence-corrected chi connectivity index (χ0v) is 22.3. The van der Waals surface area contributed by atoms with E-state index in [4.69, 9.17) is 4.74 Å². The second-order valence-electron chi connectivity index (χ2n) is 4.92. The molecule has 1 aromatic heterocycles. The number of hydrogen-bond donors (Lipinski definition) is 0. The highest BCUT2D eigenvalue weighted by Gasteiger charge is 1.99. The van der Waals surface area contributed by atoms with Crippen LogP contribution in [-0.4, -0.2) is 4.98 Å². The third kappa shape index (κ3) is 15.8. The molecule has 0 saturated heterocycles. The SMILES string of the molecule is C=CC(C=C)=C(C=C)/C=C(\C)OCc1ccc(=C/C)/c(=C\C)n1.CC.CC.CC.CC. The van der Waals surface area contributed by atoms with Crippen LogP contribution in [0.5, 0.6) is 0 Å². The number of aromatic nitrogens is 1. The maximum atomic E-state index is 5.80. The predicted molar refractivity (Wildman–Crippen MR) is 145 cm³/mol. The van der Waals surface area contributed by atoms with E-state index < -0.39 is 0 Å². The van der Waals surface area contributed by atoms with Gasteiger partial charge in [0, 0.05) is 0 Å². The van der Waals surface area contributed by atoms with E-state index >= 15 is 0 Å². The molecule has 2 heteroatoms. The second-order valence-corrected chi connectivity index (χ2v) is 4.92. The van der Waals surface area contributed by atoms with Crippen molar-refractivity contribution in [3.8, 4) is 0 Å². The van der Waals surface area contributed by atoms with Crippen molar-refractivity contribution in [3.05, 3.63) is 89.3 Å². The fourth-order valence-electron chi connectivity index (χ4n) is 2.11. The maximum Gasteiger partial charge on any atom is 0.130 e. The van der Waals surface area contributed by atoms with Gasteiger partial charge in [0.15, 0.2) is 0 Å². The summed E-state index contributed by atoms with van der Waals surface area (Å²) in [6.07, 6.45) is 11.2. The van der Waals surface area contributed by atoms with Gasteiger partial charge in [0.05, 0.1) is 16.8 Å². The zero-order valence-electron chi connectivity index (χ0n) is 22.3. The van der Waals surface area contributed by atoms with Crippen LogP contribution in [0.2, 0.25) is 0 Å². The van der Waals surface area contributed by atoms with Crippen molar-refractivity contribution in [3.63, 3.8) is 0 Å². The van der Waals surface area contributed by atoms with Crippen molar-refractivity contribution in [2.75, 3.05) is 0 Å². The van der Waals surface area contributed by atoms with Crippen LogP contribution in [0.25, 0.3) is 12.2 Å². The first kappa shape index (κ1) is 35.8. The summed E-state index contributed by atoms with van der Waals surface area (Å²) < 4.78 is 5.80. The second kappa shape index (κ2) is 27.4. The summed E-state index contributed by atoms with van der Waals surface area (Å²) in [5.41, 5.74) is 2.75. The van der Waals surface area contributed by atoms with E-state index in [1.54, 1.807) is 18.2 Å². The molecule has 0 radical (unpaired) electrons. The van der Waals surface area contributed by atoms with E-state index in [2.05, 4.69) is 30.8 Å². The smallest absolute Gasteiger partial charge is 0.130 e. The molecule has 0 spiro atoms. The summed E-state index contributed by atoms with van der Waals surface area (Å²) >= 11 is 0. The predicted octanol–water partition coefficient (Wildman–Crippen LogP) is 8.06. The lowest BCUT2D eigenvalue weighted by Gasteiger charge is -2.07. The lowest BCUT2D eigenvalue weighted by Crippen LogP contribution is -2.28. The highest BCUT2D eigenvalue weighted by molar-refractivity contribution is 5.45. The number of rotatable bonds is 7. The van der Waals surface area contributed by atoms with Crippen molar-refractivity contribution in [1.29, 1.82) is 0 Å². The fourth-order valence-corrected chi connectivity index (χ4v) is 2.11. The molecule has 1 rings (SSSR count). The number of nitrogens with zero attached hydrogens (tertiary/aromatic N) is 1. The molecule has 1 heterocycles. The molecule has 0 aliphatic rings. The Morgan fingerprint density at radius 2 is 1.29 bits per heavy atom. The van der Waals surface area contributed by atoms with Gasteiger partial charge in [-0.25, -0.2) is 4.98 Å². The van der Waals surface area contributed by atoms with Gasteiger partial charge >= 0.3 is 0 Å². The van der Waals surface area contributed by atoms with Gasteiger partial charge in [-0.3, -0.25) is 0 Å². The molecule has 0 aliphatic carbocycles. The summed E-state index contributed by atoms with van der Waals surface area (Å²) in [6.45, 7) is 33.7. The first-order valence-electron chi connectivity index (χ1n) is 11.6. The van der Waals surface area contributed by atoms with E-state index in [-0.39, 0.29) is 0 Å². The zero-order chi connectivity index (χ0) is 25.2. The Kier molecular flexibility index (Phi) is 31.6. The van der Waals surface area contributed by atoms with Crippen LogP contribution in [0, 0.1) is 0 Å². The van der Waals surface area contributed by atoms with Gasteiger partial charge in [-0.1, -0.05) is 112 Å². The van der Waals surface area contributed by atoms with Crippen LogP contribution in [0.4, 0.5) is 0 Å². The normalized spacial score (nSPS) is 10.2. The van der Waals surface area contributed by atoms with E-state index in [0.717, 1.165) is 33.2 Å². The Bertz CT molecular complexity index is 754. The topological polar surface area (TPSA) is 22.1 Å². The third-order valence-electron chi connectivity index (χ3n) is 3.40. The average Bonchev–Trinajstić information content (AvgIpc) is 2.87. The van der Waals surface area contributed by atoms with Crippen LogP contribution in [0.1, 0.15) is 81.9 Å². The van der Waals surface area contributed by atoms with Crippen molar-refractivity contribution in [2.24, 2.45) is 0 Å². The van der Waals surface area contributed by atoms with Gasteiger partial charge in [0.2, 0.25) is 0 Å². The summed E-state index contributed by atoms with van der Waals surface area (Å²) in [5.74, 6) is 0.788. The molecule has 0 unspecified atom stereocenters. The van der Waals surface area contributed by atoms with E-state index in [1.807, 2.05) is 100 Å². The molecule has 0 amide bonds. The van der Waals surface area contributed by atoms with Crippen LogP contribution in [0.15, 0.2) is 73.1 Å². The largest absolute Gasteiger partial charge is 0.492 e. The average molecular weight is 428 g/mol. The van der Waals surface area contributed by atoms with Crippen molar-refractivity contribution >= 4 is 12.2 Å². The van der Waals surface area contributed by atoms with Gasteiger partial charge in [-0.05, 0) is 49.3 Å². The monoisotopic (exact) mass is 427 g/mol. The summed E-state index contributed by atoms with van der Waals surface area (Å²) in [4.78, 5) is 4.60. The van der Waals surface area contributed by atoms with Gasteiger partial charge < -0.3 is 4.74 Å². The van der Waals surface area contributed by atoms with Crippen LogP contribution in [0.3, 0.4) is 0 Å². The summed E-state index contributed by atoms with van der Waals surface area (Å²) in [5, 5.41) is 2.10. The van der Waals surface area contributed by atoms with E-state index in [1.165, 1.54) is 0 Å². The first-order chi connectivity index (χ1) is 15.1. The Balaban J connectivity index is -0.000000407. The van der Waals surface area contributed by atoms with Gasteiger partial charge in [0.25, 0.3) is 0 Å². The molecular formula is C29H49NO. The first-order valence-corrected chi connectivity index (χ1v) is 11.6. The molecule has 2 nitrogen and oxygen atoms in total. The molecular weight excluding hydrogens is 378 g/mol. The van der Waals surface area contributed by atoms with Crippen LogP contribution >= 0.6 is 0 Å². The van der Waals surface area contributed by atoms with Crippen LogP contribution in [-0.2, 0) is 11.3 Å². The standard InChI is InChI=1S/C21H25NO.4C2H6/c1-7-17(8-2)19(10-4)14-16(6)23-15-20-13-12-18(9-3)21(11-5)22-20;4*1-2/h7-14H,1-2,4,15H2,3,5-6H3;4*1-2H3/b16-14+,18-9-,21-11+;;;;. The Morgan fingerprint density at radius 3 is 1.68 bits per heavy atom. The molecule has 0 saturated carbocycles. The summed E-state index contributed by atoms with van der Waals surface area (Å²) in [7, 11) is 0. The number of ether oxygens (including phenoxy) is 1. The Labute approximate surface area is 194 Å². The molecule has 0 atom stereocenters. The molecule has 176 valence electrons. The van der Waals surface area contributed by atoms with Gasteiger partial charge in [-0.2, -0.15) is 0 Å². The highest BCUT2D eigenvalue weighted by Crippen LogP contribution is 2.13. The fraction of sp³-hybridized carbons (Fsp3) is 0.414. The lowest BCUT2D eigenvalue weighted by atomic mass is 10.1. The molecule has 0 aromatic carbocycles. The maximum absolute atomic E-state index is 5.80. The Hall–Kier alpha value is -2.61. The lowest BCUT2D eigenvalue weighted by molar-refractivity contribution is 0.197. The highest BCUT2D eigenvalue weighted by atomic mass is 16.5. The minimum absolute atomic E-state index is 0.426. The minimum atomic E-state index is 0.426. The van der Waals surface area contributed by atoms with Crippen molar-refractivity contribution in [2.45, 2.75) is 82.8 Å². The quantitative estimate of drug-likeness (QED) is 0.324. The van der Waals surface area contributed by atoms with Crippen molar-refractivity contribution in [1.82, 2.24) is 4.98 Å². The van der Waals surface area contributed by atoms with Gasteiger partial charge in [0.1, 0.15) is 6.61 Å². The molecule has 0 aliphatic heterocycles. The third-order valence-corrected chi connectivity index (χ3v) is 3.40. The number of allylic oxidation sites excluding steroid dienone is 7. The Morgan fingerprint density at radius 1 is 0.806 bits per heavy atom. The van der Waals surface area contributed by atoms with Crippen molar-refractivity contribution < 1.29 is 4.74 Å². The molecule has 0 fully saturated rings. The van der Waals surface area contributed by atoms with E-state index in [0.29, 0.717) is 6.61 Å². The molecule has 1 aromatic rings. The number of pyridine rings is 1. The summed E-state index contributed by atoms with van der Waals surface area (Å²) in [6, 6.07) is 4.04.